The first-order chi connectivity index (χ1) is 8.87. The number of nitrogens with one attached hydrogen (secondary N) is 1. The van der Waals surface area contributed by atoms with E-state index in [0.29, 0.717) is 12.6 Å². The first-order valence-electron chi connectivity index (χ1n) is 7.42. The highest BCUT2D eigenvalue weighted by Gasteiger charge is 2.38. The third-order valence-corrected chi connectivity index (χ3v) is 4.53. The Morgan fingerprint density at radius 2 is 1.84 bits per heavy atom. The molecule has 0 aromatic rings. The molecule has 1 N–H and O–H groups in total. The van der Waals surface area contributed by atoms with Crippen LogP contribution < -0.4 is 5.32 Å². The number of rotatable bonds is 6. The second kappa shape index (κ2) is 6.93. The van der Waals surface area contributed by atoms with Crippen LogP contribution in [0.2, 0.25) is 0 Å². The molecule has 19 heavy (non-hydrogen) atoms. The number of piperazine rings is 1. The van der Waals surface area contributed by atoms with Crippen molar-refractivity contribution in [3.05, 3.63) is 0 Å². The van der Waals surface area contributed by atoms with Crippen molar-refractivity contribution in [1.82, 2.24) is 10.2 Å². The molecule has 1 rings (SSSR count). The van der Waals surface area contributed by atoms with Gasteiger partial charge in [-0.25, -0.2) is 0 Å². The van der Waals surface area contributed by atoms with Gasteiger partial charge >= 0.3 is 6.18 Å². The Bertz CT molecular complexity index is 262. The van der Waals surface area contributed by atoms with Gasteiger partial charge in [0.05, 0.1) is 0 Å². The molecule has 1 fully saturated rings. The highest BCUT2D eigenvalue weighted by atomic mass is 19.4. The van der Waals surface area contributed by atoms with Gasteiger partial charge in [0, 0.05) is 31.1 Å². The van der Waals surface area contributed by atoms with Crippen LogP contribution in [0.1, 0.15) is 52.9 Å². The molecule has 0 aromatic carbocycles. The molecule has 1 unspecified atom stereocenters. The lowest BCUT2D eigenvalue weighted by Crippen LogP contribution is -2.64. The Hall–Kier alpha value is -0.290. The number of nitrogens with zero attached hydrogens (tertiary/aromatic N) is 1. The van der Waals surface area contributed by atoms with Gasteiger partial charge in [-0.05, 0) is 32.2 Å². The lowest BCUT2D eigenvalue weighted by Gasteiger charge is -2.50. The minimum Gasteiger partial charge on any atom is -0.311 e. The maximum absolute atomic E-state index is 12.3. The molecule has 1 heterocycles. The van der Waals surface area contributed by atoms with Crippen molar-refractivity contribution in [2.75, 3.05) is 19.6 Å². The van der Waals surface area contributed by atoms with Crippen LogP contribution >= 0.6 is 0 Å². The number of halogens is 3. The van der Waals surface area contributed by atoms with Gasteiger partial charge in [-0.2, -0.15) is 13.2 Å². The summed E-state index contributed by atoms with van der Waals surface area (Å²) in [4.78, 5) is 2.30. The van der Waals surface area contributed by atoms with E-state index in [1.807, 2.05) is 0 Å². The van der Waals surface area contributed by atoms with E-state index in [2.05, 4.69) is 31.0 Å². The molecule has 1 atom stereocenters. The summed E-state index contributed by atoms with van der Waals surface area (Å²) in [5.74, 6) is 0. The zero-order valence-corrected chi connectivity index (χ0v) is 12.3. The minimum atomic E-state index is -4.03. The fourth-order valence-corrected chi connectivity index (χ4v) is 2.99. The maximum Gasteiger partial charge on any atom is 0.389 e. The summed E-state index contributed by atoms with van der Waals surface area (Å²) in [5, 5.41) is 3.53. The topological polar surface area (TPSA) is 15.3 Å². The molecular weight excluding hydrogens is 253 g/mol. The molecule has 2 nitrogen and oxygen atoms in total. The molecule has 0 aromatic heterocycles. The van der Waals surface area contributed by atoms with Crippen LogP contribution in [0.25, 0.3) is 0 Å². The summed E-state index contributed by atoms with van der Waals surface area (Å²) in [6.07, 6.45) is -1.49. The molecule has 114 valence electrons. The van der Waals surface area contributed by atoms with E-state index >= 15 is 0 Å². The Balaban J connectivity index is 2.61. The SMILES string of the molecule is CCC1CN(CCCC(F)(F)F)C(CC)(CC)CN1. The van der Waals surface area contributed by atoms with E-state index in [-0.39, 0.29) is 12.0 Å². The molecule has 1 aliphatic rings. The van der Waals surface area contributed by atoms with Gasteiger partial charge in [0.2, 0.25) is 0 Å². The van der Waals surface area contributed by atoms with Gasteiger partial charge in [-0.3, -0.25) is 4.90 Å². The Labute approximate surface area is 114 Å². The maximum atomic E-state index is 12.3. The van der Waals surface area contributed by atoms with Gasteiger partial charge < -0.3 is 5.32 Å². The predicted octanol–water partition coefficient (Wildman–Crippen LogP) is 3.57. The average molecular weight is 280 g/mol. The summed E-state index contributed by atoms with van der Waals surface area (Å²) in [6, 6.07) is 0.414. The van der Waals surface area contributed by atoms with Crippen molar-refractivity contribution >= 4 is 0 Å². The standard InChI is InChI=1S/C14H27F3N2/c1-4-12-10-19(9-7-8-14(15,16)17)13(5-2,6-3)11-18-12/h12,18H,4-11H2,1-3H3. The Morgan fingerprint density at radius 3 is 2.32 bits per heavy atom. The van der Waals surface area contributed by atoms with Crippen molar-refractivity contribution in [3.63, 3.8) is 0 Å². The normalized spacial score (nSPS) is 24.6. The predicted molar refractivity (Wildman–Crippen MR) is 72.3 cm³/mol. The monoisotopic (exact) mass is 280 g/mol. The molecule has 1 aliphatic heterocycles. The van der Waals surface area contributed by atoms with E-state index in [4.69, 9.17) is 0 Å². The average Bonchev–Trinajstić information content (AvgIpc) is 2.37. The van der Waals surface area contributed by atoms with Crippen LogP contribution in [0.4, 0.5) is 13.2 Å². The second-order valence-corrected chi connectivity index (χ2v) is 5.58. The largest absolute Gasteiger partial charge is 0.389 e. The quantitative estimate of drug-likeness (QED) is 0.800. The molecule has 0 bridgehead atoms. The fraction of sp³-hybridized carbons (Fsp3) is 1.00. The van der Waals surface area contributed by atoms with Gasteiger partial charge in [-0.1, -0.05) is 20.8 Å². The van der Waals surface area contributed by atoms with Gasteiger partial charge in [0.25, 0.3) is 0 Å². The highest BCUT2D eigenvalue weighted by molar-refractivity contribution is 4.97. The van der Waals surface area contributed by atoms with Crippen molar-refractivity contribution in [3.8, 4) is 0 Å². The lowest BCUT2D eigenvalue weighted by atomic mass is 9.86. The highest BCUT2D eigenvalue weighted by Crippen LogP contribution is 2.29. The third kappa shape index (κ3) is 4.63. The molecule has 5 heteroatoms. The third-order valence-electron chi connectivity index (χ3n) is 4.53. The first-order valence-corrected chi connectivity index (χ1v) is 7.42. The Morgan fingerprint density at radius 1 is 1.21 bits per heavy atom. The van der Waals surface area contributed by atoms with Crippen molar-refractivity contribution in [2.24, 2.45) is 0 Å². The van der Waals surface area contributed by atoms with Gasteiger partial charge in [0.1, 0.15) is 0 Å². The number of hydrogen-bond acceptors (Lipinski definition) is 2. The van der Waals surface area contributed by atoms with Crippen LogP contribution in [-0.2, 0) is 0 Å². The van der Waals surface area contributed by atoms with E-state index in [1.54, 1.807) is 0 Å². The molecule has 0 amide bonds. The number of alkyl halides is 3. The summed E-state index contributed by atoms with van der Waals surface area (Å²) in [7, 11) is 0. The summed E-state index contributed by atoms with van der Waals surface area (Å²) >= 11 is 0. The molecule has 0 aliphatic carbocycles. The van der Waals surface area contributed by atoms with E-state index in [1.165, 1.54) is 0 Å². The molecule has 0 saturated carbocycles. The van der Waals surface area contributed by atoms with E-state index in [9.17, 15) is 13.2 Å². The van der Waals surface area contributed by atoms with Crippen LogP contribution in [0, 0.1) is 0 Å². The molecule has 0 spiro atoms. The molecular formula is C14H27F3N2. The minimum absolute atomic E-state index is 0.0390. The van der Waals surface area contributed by atoms with Crippen LogP contribution in [0.5, 0.6) is 0 Å². The molecule has 0 radical (unpaired) electrons. The van der Waals surface area contributed by atoms with Crippen LogP contribution in [0.3, 0.4) is 0 Å². The summed E-state index contributed by atoms with van der Waals surface area (Å²) < 4.78 is 36.8. The van der Waals surface area contributed by atoms with Gasteiger partial charge in [0.15, 0.2) is 0 Å². The van der Waals surface area contributed by atoms with E-state index < -0.39 is 12.6 Å². The lowest BCUT2D eigenvalue weighted by molar-refractivity contribution is -0.137. The van der Waals surface area contributed by atoms with Crippen molar-refractivity contribution in [2.45, 2.75) is 70.6 Å². The summed E-state index contributed by atoms with van der Waals surface area (Å²) in [6.45, 7) is 8.71. The van der Waals surface area contributed by atoms with Crippen LogP contribution in [-0.4, -0.2) is 42.3 Å². The summed E-state index contributed by atoms with van der Waals surface area (Å²) in [5.41, 5.74) is 0.0390. The first kappa shape index (κ1) is 16.8. The van der Waals surface area contributed by atoms with E-state index in [0.717, 1.165) is 32.4 Å². The van der Waals surface area contributed by atoms with Gasteiger partial charge in [-0.15, -0.1) is 0 Å². The number of hydrogen-bond donors (Lipinski definition) is 1. The Kier molecular flexibility index (Phi) is 6.12. The van der Waals surface area contributed by atoms with Crippen molar-refractivity contribution < 1.29 is 13.2 Å². The zero-order valence-electron chi connectivity index (χ0n) is 12.3. The second-order valence-electron chi connectivity index (χ2n) is 5.58. The van der Waals surface area contributed by atoms with Crippen molar-refractivity contribution in [1.29, 1.82) is 0 Å². The zero-order chi connectivity index (χ0) is 14.5. The molecule has 1 saturated heterocycles. The smallest absolute Gasteiger partial charge is 0.311 e. The van der Waals surface area contributed by atoms with Crippen LogP contribution in [0.15, 0.2) is 0 Å². The fourth-order valence-electron chi connectivity index (χ4n) is 2.99.